The van der Waals surface area contributed by atoms with Gasteiger partial charge in [0.05, 0.1) is 19.8 Å². The number of nitrogens with zero attached hydrogens (tertiary/aromatic N) is 1. The first kappa shape index (κ1) is 15.2. The van der Waals surface area contributed by atoms with Crippen LogP contribution in [0.15, 0.2) is 60.7 Å². The number of rotatable bonds is 7. The largest absolute Gasteiger partial charge is 0.394 e. The Morgan fingerprint density at radius 1 is 1.00 bits per heavy atom. The molecule has 4 heteroatoms. The maximum Gasteiger partial charge on any atom is 0.253 e. The maximum absolute atomic E-state index is 12.3. The Morgan fingerprint density at radius 2 is 1.62 bits per heavy atom. The van der Waals surface area contributed by atoms with Gasteiger partial charge in [0.1, 0.15) is 6.61 Å². The standard InChI is InChI=1S/C17H19NO3/c19-11-12-21-14-17(20)18(16-9-5-2-6-10-16)13-15-7-3-1-4-8-15/h1-10,19H,11-14H2. The molecule has 1 N–H and O–H groups in total. The van der Waals surface area contributed by atoms with Crippen molar-refractivity contribution in [2.75, 3.05) is 24.7 Å². The first-order chi connectivity index (χ1) is 10.3. The van der Waals surface area contributed by atoms with Crippen LogP contribution in [0.25, 0.3) is 0 Å². The molecule has 0 aliphatic rings. The summed E-state index contributed by atoms with van der Waals surface area (Å²) in [5.74, 6) is -0.126. The monoisotopic (exact) mass is 285 g/mol. The molecule has 110 valence electrons. The minimum Gasteiger partial charge on any atom is -0.394 e. The van der Waals surface area contributed by atoms with E-state index in [-0.39, 0.29) is 25.7 Å². The highest BCUT2D eigenvalue weighted by atomic mass is 16.5. The lowest BCUT2D eigenvalue weighted by Crippen LogP contribution is -2.33. The fourth-order valence-corrected chi connectivity index (χ4v) is 2.00. The molecule has 0 heterocycles. The Kier molecular flexibility index (Phi) is 5.94. The molecule has 2 rings (SSSR count). The van der Waals surface area contributed by atoms with Crippen LogP contribution in [-0.4, -0.2) is 30.8 Å². The first-order valence-electron chi connectivity index (χ1n) is 6.89. The number of hydrogen-bond donors (Lipinski definition) is 1. The van der Waals surface area contributed by atoms with Crippen LogP contribution in [-0.2, 0) is 16.1 Å². The molecular formula is C17H19NO3. The Morgan fingerprint density at radius 3 is 2.24 bits per heavy atom. The van der Waals surface area contributed by atoms with Crippen LogP contribution in [0.5, 0.6) is 0 Å². The van der Waals surface area contributed by atoms with Crippen LogP contribution in [0.2, 0.25) is 0 Å². The molecule has 0 bridgehead atoms. The van der Waals surface area contributed by atoms with E-state index in [2.05, 4.69) is 0 Å². The average Bonchev–Trinajstić information content (AvgIpc) is 2.54. The van der Waals surface area contributed by atoms with E-state index < -0.39 is 0 Å². The minimum atomic E-state index is -0.126. The lowest BCUT2D eigenvalue weighted by Gasteiger charge is -2.23. The normalized spacial score (nSPS) is 10.3. The molecule has 4 nitrogen and oxygen atoms in total. The molecule has 0 spiro atoms. The van der Waals surface area contributed by atoms with Gasteiger partial charge in [0.25, 0.3) is 5.91 Å². The maximum atomic E-state index is 12.3. The van der Waals surface area contributed by atoms with Crippen LogP contribution in [0.3, 0.4) is 0 Å². The van der Waals surface area contributed by atoms with Gasteiger partial charge in [-0.05, 0) is 17.7 Å². The smallest absolute Gasteiger partial charge is 0.253 e. The van der Waals surface area contributed by atoms with Crippen molar-refractivity contribution in [1.29, 1.82) is 0 Å². The summed E-state index contributed by atoms with van der Waals surface area (Å²) >= 11 is 0. The summed E-state index contributed by atoms with van der Waals surface area (Å²) in [7, 11) is 0. The molecule has 0 saturated heterocycles. The first-order valence-corrected chi connectivity index (χ1v) is 6.89. The fraction of sp³-hybridized carbons (Fsp3) is 0.235. The highest BCUT2D eigenvalue weighted by Gasteiger charge is 2.16. The van der Waals surface area contributed by atoms with Crippen LogP contribution in [0.1, 0.15) is 5.56 Å². The van der Waals surface area contributed by atoms with Crippen molar-refractivity contribution < 1.29 is 14.6 Å². The van der Waals surface area contributed by atoms with Gasteiger partial charge < -0.3 is 14.7 Å². The molecule has 0 aliphatic carbocycles. The van der Waals surface area contributed by atoms with E-state index in [0.29, 0.717) is 6.54 Å². The molecule has 2 aromatic carbocycles. The summed E-state index contributed by atoms with van der Waals surface area (Å²) in [6.07, 6.45) is 0. The van der Waals surface area contributed by atoms with Crippen LogP contribution < -0.4 is 4.90 Å². The van der Waals surface area contributed by atoms with Gasteiger partial charge in [-0.15, -0.1) is 0 Å². The van der Waals surface area contributed by atoms with Crippen LogP contribution in [0.4, 0.5) is 5.69 Å². The minimum absolute atomic E-state index is 0.0394. The van der Waals surface area contributed by atoms with E-state index in [4.69, 9.17) is 9.84 Å². The predicted octanol–water partition coefficient (Wildman–Crippen LogP) is 2.23. The second-order valence-corrected chi connectivity index (χ2v) is 4.58. The molecule has 2 aromatic rings. The van der Waals surface area contributed by atoms with E-state index in [1.807, 2.05) is 60.7 Å². The highest BCUT2D eigenvalue weighted by Crippen LogP contribution is 2.17. The average molecular weight is 285 g/mol. The Hall–Kier alpha value is -2.17. The number of benzene rings is 2. The van der Waals surface area contributed by atoms with Crippen molar-refractivity contribution in [2.24, 2.45) is 0 Å². The molecule has 0 fully saturated rings. The zero-order chi connectivity index (χ0) is 14.9. The van der Waals surface area contributed by atoms with E-state index in [1.54, 1.807) is 4.90 Å². The van der Waals surface area contributed by atoms with Gasteiger partial charge in [0.15, 0.2) is 0 Å². The number of para-hydroxylation sites is 1. The third kappa shape index (κ3) is 4.70. The van der Waals surface area contributed by atoms with Gasteiger partial charge in [0, 0.05) is 5.69 Å². The number of aliphatic hydroxyl groups is 1. The van der Waals surface area contributed by atoms with Gasteiger partial charge in [-0.1, -0.05) is 48.5 Å². The number of carbonyl (C=O) groups excluding carboxylic acids is 1. The lowest BCUT2D eigenvalue weighted by molar-refractivity contribution is -0.123. The highest BCUT2D eigenvalue weighted by molar-refractivity contribution is 5.94. The topological polar surface area (TPSA) is 49.8 Å². The summed E-state index contributed by atoms with van der Waals surface area (Å²) in [4.78, 5) is 14.0. The van der Waals surface area contributed by atoms with Crippen molar-refractivity contribution in [2.45, 2.75) is 6.54 Å². The number of amides is 1. The summed E-state index contributed by atoms with van der Waals surface area (Å²) in [5.41, 5.74) is 1.89. The Balaban J connectivity index is 2.12. The number of aliphatic hydroxyl groups excluding tert-OH is 1. The Bertz CT molecular complexity index is 542. The number of carbonyl (C=O) groups is 1. The second kappa shape index (κ2) is 8.19. The molecule has 0 aliphatic heterocycles. The molecule has 1 amide bonds. The van der Waals surface area contributed by atoms with E-state index in [9.17, 15) is 4.79 Å². The molecule has 0 atom stereocenters. The summed E-state index contributed by atoms with van der Waals surface area (Å²) < 4.78 is 5.14. The molecule has 0 saturated carbocycles. The van der Waals surface area contributed by atoms with Crippen LogP contribution in [0, 0.1) is 0 Å². The van der Waals surface area contributed by atoms with E-state index >= 15 is 0 Å². The van der Waals surface area contributed by atoms with Crippen molar-refractivity contribution in [3.8, 4) is 0 Å². The SMILES string of the molecule is O=C(COCCO)N(Cc1ccccc1)c1ccccc1. The molecule has 0 unspecified atom stereocenters. The van der Waals surface area contributed by atoms with Crippen molar-refractivity contribution in [3.05, 3.63) is 66.2 Å². The van der Waals surface area contributed by atoms with Crippen LogP contribution >= 0.6 is 0 Å². The van der Waals surface area contributed by atoms with Gasteiger partial charge in [-0.3, -0.25) is 4.79 Å². The second-order valence-electron chi connectivity index (χ2n) is 4.58. The van der Waals surface area contributed by atoms with Gasteiger partial charge in [0.2, 0.25) is 0 Å². The number of ether oxygens (including phenoxy) is 1. The summed E-state index contributed by atoms with van der Waals surface area (Å²) in [6.45, 7) is 0.533. The van der Waals surface area contributed by atoms with Crippen molar-refractivity contribution in [3.63, 3.8) is 0 Å². The van der Waals surface area contributed by atoms with Gasteiger partial charge in [-0.2, -0.15) is 0 Å². The van der Waals surface area contributed by atoms with Crippen molar-refractivity contribution in [1.82, 2.24) is 0 Å². The summed E-state index contributed by atoms with van der Waals surface area (Å²) in [6, 6.07) is 19.3. The fourth-order valence-electron chi connectivity index (χ4n) is 2.00. The zero-order valence-corrected chi connectivity index (χ0v) is 11.8. The molecule has 0 aromatic heterocycles. The predicted molar refractivity (Wildman–Crippen MR) is 82.0 cm³/mol. The zero-order valence-electron chi connectivity index (χ0n) is 11.8. The summed E-state index contributed by atoms with van der Waals surface area (Å²) in [5, 5.41) is 8.72. The van der Waals surface area contributed by atoms with E-state index in [1.165, 1.54) is 0 Å². The lowest BCUT2D eigenvalue weighted by atomic mass is 10.2. The molecule has 0 radical (unpaired) electrons. The third-order valence-electron chi connectivity index (χ3n) is 3.01. The van der Waals surface area contributed by atoms with Gasteiger partial charge in [-0.25, -0.2) is 0 Å². The van der Waals surface area contributed by atoms with E-state index in [0.717, 1.165) is 11.3 Å². The molecular weight excluding hydrogens is 266 g/mol. The molecule has 21 heavy (non-hydrogen) atoms. The third-order valence-corrected chi connectivity index (χ3v) is 3.01. The van der Waals surface area contributed by atoms with Crippen molar-refractivity contribution >= 4 is 11.6 Å². The number of anilines is 1. The Labute approximate surface area is 124 Å². The van der Waals surface area contributed by atoms with Gasteiger partial charge >= 0.3 is 0 Å². The quantitative estimate of drug-likeness (QED) is 0.794. The number of hydrogen-bond acceptors (Lipinski definition) is 3.